The third-order valence-electron chi connectivity index (χ3n) is 4.40. The van der Waals surface area contributed by atoms with Gasteiger partial charge in [0.1, 0.15) is 11.3 Å². The molecule has 0 unspecified atom stereocenters. The number of hydrogen-bond acceptors (Lipinski definition) is 1. The molecule has 0 aliphatic heterocycles. The molecule has 0 atom stereocenters. The van der Waals surface area contributed by atoms with Gasteiger partial charge in [-0.3, -0.25) is 0 Å². The fraction of sp³-hybridized carbons (Fsp3) is 0.562. The zero-order chi connectivity index (χ0) is 13.9. The first kappa shape index (κ1) is 14.2. The SMILES string of the molecule is ClCc1nc2c(Cl)cccc2n1CCCC1CCCC1. The van der Waals surface area contributed by atoms with Crippen LogP contribution in [0.4, 0.5) is 0 Å². The number of rotatable bonds is 5. The summed E-state index contributed by atoms with van der Waals surface area (Å²) in [7, 11) is 0. The molecule has 1 saturated carbocycles. The zero-order valence-corrected chi connectivity index (χ0v) is 13.1. The topological polar surface area (TPSA) is 17.8 Å². The molecule has 1 aromatic heterocycles. The van der Waals surface area contributed by atoms with Crippen LogP contribution >= 0.6 is 23.2 Å². The monoisotopic (exact) mass is 310 g/mol. The minimum Gasteiger partial charge on any atom is -0.327 e. The van der Waals surface area contributed by atoms with Crippen LogP contribution in [0.2, 0.25) is 5.02 Å². The van der Waals surface area contributed by atoms with Crippen LogP contribution in [0, 0.1) is 5.92 Å². The number of hydrogen-bond donors (Lipinski definition) is 0. The molecule has 1 aliphatic carbocycles. The quantitative estimate of drug-likeness (QED) is 0.676. The highest BCUT2D eigenvalue weighted by Crippen LogP contribution is 2.30. The molecule has 0 radical (unpaired) electrons. The lowest BCUT2D eigenvalue weighted by Gasteiger charge is -2.11. The maximum absolute atomic E-state index is 6.22. The van der Waals surface area contributed by atoms with Gasteiger partial charge in [0.2, 0.25) is 0 Å². The van der Waals surface area contributed by atoms with E-state index in [9.17, 15) is 0 Å². The highest BCUT2D eigenvalue weighted by molar-refractivity contribution is 6.35. The summed E-state index contributed by atoms with van der Waals surface area (Å²) >= 11 is 12.3. The van der Waals surface area contributed by atoms with Crippen LogP contribution in [-0.2, 0) is 12.4 Å². The van der Waals surface area contributed by atoms with Crippen LogP contribution in [0.25, 0.3) is 11.0 Å². The Bertz CT molecular complexity index is 585. The average Bonchev–Trinajstić information content (AvgIpc) is 3.08. The minimum atomic E-state index is 0.439. The molecule has 4 heteroatoms. The number of fused-ring (bicyclic) bond motifs is 1. The molecular formula is C16H20Cl2N2. The van der Waals surface area contributed by atoms with Crippen LogP contribution in [0.15, 0.2) is 18.2 Å². The van der Waals surface area contributed by atoms with Crippen molar-refractivity contribution in [3.05, 3.63) is 29.0 Å². The predicted molar refractivity (Wildman–Crippen MR) is 85.5 cm³/mol. The second kappa shape index (κ2) is 6.36. The van der Waals surface area contributed by atoms with E-state index in [1.807, 2.05) is 12.1 Å². The second-order valence-corrected chi connectivity index (χ2v) is 6.39. The van der Waals surface area contributed by atoms with Gasteiger partial charge in [-0.25, -0.2) is 4.98 Å². The highest BCUT2D eigenvalue weighted by Gasteiger charge is 2.16. The van der Waals surface area contributed by atoms with E-state index in [0.717, 1.165) is 29.3 Å². The van der Waals surface area contributed by atoms with Crippen molar-refractivity contribution in [2.75, 3.05) is 0 Å². The van der Waals surface area contributed by atoms with Crippen LogP contribution in [0.1, 0.15) is 44.3 Å². The molecule has 2 aromatic rings. The van der Waals surface area contributed by atoms with Gasteiger partial charge in [-0.05, 0) is 30.9 Å². The Morgan fingerprint density at radius 3 is 2.80 bits per heavy atom. The number of aryl methyl sites for hydroxylation is 1. The summed E-state index contributed by atoms with van der Waals surface area (Å²) in [5, 5.41) is 0.711. The van der Waals surface area contributed by atoms with Crippen molar-refractivity contribution in [2.45, 2.75) is 50.9 Å². The van der Waals surface area contributed by atoms with Crippen molar-refractivity contribution in [3.63, 3.8) is 0 Å². The second-order valence-electron chi connectivity index (χ2n) is 5.71. The molecule has 0 N–H and O–H groups in total. The summed E-state index contributed by atoms with van der Waals surface area (Å²) < 4.78 is 2.24. The molecule has 20 heavy (non-hydrogen) atoms. The first-order valence-electron chi connectivity index (χ1n) is 7.49. The lowest BCUT2D eigenvalue weighted by molar-refractivity contribution is 0.459. The number of imidazole rings is 1. The van der Waals surface area contributed by atoms with Crippen molar-refractivity contribution in [1.29, 1.82) is 0 Å². The van der Waals surface area contributed by atoms with E-state index < -0.39 is 0 Å². The first-order valence-corrected chi connectivity index (χ1v) is 8.40. The normalized spacial score (nSPS) is 16.3. The summed E-state index contributed by atoms with van der Waals surface area (Å²) in [6.07, 6.45) is 8.19. The van der Waals surface area contributed by atoms with Gasteiger partial charge in [-0.2, -0.15) is 0 Å². The Morgan fingerprint density at radius 1 is 1.25 bits per heavy atom. The van der Waals surface area contributed by atoms with Crippen LogP contribution < -0.4 is 0 Å². The molecule has 1 aliphatic rings. The molecular weight excluding hydrogens is 291 g/mol. The van der Waals surface area contributed by atoms with Gasteiger partial charge in [0.05, 0.1) is 16.4 Å². The lowest BCUT2D eigenvalue weighted by Crippen LogP contribution is -2.04. The molecule has 2 nitrogen and oxygen atoms in total. The van der Waals surface area contributed by atoms with Crippen molar-refractivity contribution < 1.29 is 0 Å². The van der Waals surface area contributed by atoms with Gasteiger partial charge in [-0.1, -0.05) is 43.4 Å². The molecule has 0 spiro atoms. The van der Waals surface area contributed by atoms with E-state index in [-0.39, 0.29) is 0 Å². The lowest BCUT2D eigenvalue weighted by atomic mass is 10.0. The summed E-state index contributed by atoms with van der Waals surface area (Å²) in [5.41, 5.74) is 1.99. The Labute approximate surface area is 130 Å². The molecule has 0 amide bonds. The standard InChI is InChI=1S/C16H20Cl2N2/c17-11-15-19-16-13(18)8-3-9-14(16)20(15)10-4-7-12-5-1-2-6-12/h3,8-9,12H,1-2,4-7,10-11H2. The maximum atomic E-state index is 6.22. The Balaban J connectivity index is 1.77. The molecule has 1 fully saturated rings. The number of halogens is 2. The summed E-state index contributed by atoms with van der Waals surface area (Å²) in [6, 6.07) is 5.95. The number of alkyl halides is 1. The summed E-state index contributed by atoms with van der Waals surface area (Å²) in [4.78, 5) is 4.58. The summed E-state index contributed by atoms with van der Waals surface area (Å²) in [5.74, 6) is 2.31. The van der Waals surface area contributed by atoms with E-state index in [2.05, 4.69) is 15.6 Å². The van der Waals surface area contributed by atoms with Gasteiger partial charge < -0.3 is 4.57 Å². The molecule has 3 rings (SSSR count). The van der Waals surface area contributed by atoms with E-state index >= 15 is 0 Å². The van der Waals surface area contributed by atoms with Gasteiger partial charge in [0.15, 0.2) is 0 Å². The van der Waals surface area contributed by atoms with E-state index in [1.54, 1.807) is 0 Å². The van der Waals surface area contributed by atoms with Gasteiger partial charge >= 0.3 is 0 Å². The number of nitrogens with zero attached hydrogens (tertiary/aromatic N) is 2. The Morgan fingerprint density at radius 2 is 2.05 bits per heavy atom. The Hall–Kier alpha value is -0.730. The molecule has 1 aromatic carbocycles. The molecule has 1 heterocycles. The molecule has 0 saturated heterocycles. The Kier molecular flexibility index (Phi) is 4.52. The predicted octanol–water partition coefficient (Wildman–Crippen LogP) is 5.40. The first-order chi connectivity index (χ1) is 9.79. The average molecular weight is 311 g/mol. The van der Waals surface area contributed by atoms with Gasteiger partial charge in [0.25, 0.3) is 0 Å². The van der Waals surface area contributed by atoms with Gasteiger partial charge in [0, 0.05) is 6.54 Å². The number of para-hydroxylation sites is 1. The summed E-state index contributed by atoms with van der Waals surface area (Å²) in [6.45, 7) is 0.995. The van der Waals surface area contributed by atoms with E-state index in [1.165, 1.54) is 38.5 Å². The van der Waals surface area contributed by atoms with Crippen LogP contribution in [0.5, 0.6) is 0 Å². The number of aromatic nitrogens is 2. The van der Waals surface area contributed by atoms with Crippen molar-refractivity contribution >= 4 is 34.2 Å². The van der Waals surface area contributed by atoms with Gasteiger partial charge in [-0.15, -0.1) is 11.6 Å². The fourth-order valence-corrected chi connectivity index (χ4v) is 3.77. The largest absolute Gasteiger partial charge is 0.327 e. The fourth-order valence-electron chi connectivity index (χ4n) is 3.35. The maximum Gasteiger partial charge on any atom is 0.124 e. The highest BCUT2D eigenvalue weighted by atomic mass is 35.5. The molecule has 0 bridgehead atoms. The number of benzene rings is 1. The van der Waals surface area contributed by atoms with Crippen LogP contribution in [-0.4, -0.2) is 9.55 Å². The van der Waals surface area contributed by atoms with Crippen LogP contribution in [0.3, 0.4) is 0 Å². The van der Waals surface area contributed by atoms with Crippen molar-refractivity contribution in [1.82, 2.24) is 9.55 Å². The zero-order valence-electron chi connectivity index (χ0n) is 11.6. The van der Waals surface area contributed by atoms with Crippen molar-refractivity contribution in [3.8, 4) is 0 Å². The van der Waals surface area contributed by atoms with Crippen molar-refractivity contribution in [2.24, 2.45) is 5.92 Å². The minimum absolute atomic E-state index is 0.439. The third kappa shape index (κ3) is 2.82. The van der Waals surface area contributed by atoms with E-state index in [0.29, 0.717) is 10.9 Å². The third-order valence-corrected chi connectivity index (χ3v) is 4.94. The van der Waals surface area contributed by atoms with E-state index in [4.69, 9.17) is 23.2 Å². The smallest absolute Gasteiger partial charge is 0.124 e. The molecule has 108 valence electrons.